The number of fused-ring (bicyclic) bond motifs is 3. The molecule has 16 heteroatoms. The molecule has 3 saturated heterocycles. The number of anilines is 1. The summed E-state index contributed by atoms with van der Waals surface area (Å²) >= 11 is 0. The highest BCUT2D eigenvalue weighted by molar-refractivity contribution is 7.90. The van der Waals surface area contributed by atoms with E-state index < -0.39 is 31.2 Å². The summed E-state index contributed by atoms with van der Waals surface area (Å²) in [5, 5.41) is 13.5. The van der Waals surface area contributed by atoms with E-state index in [-0.39, 0.29) is 33.6 Å². The number of aromatic nitrogens is 3. The molecule has 7 rings (SSSR count). The summed E-state index contributed by atoms with van der Waals surface area (Å²) in [6.45, 7) is 2.13. The van der Waals surface area contributed by atoms with Crippen LogP contribution in [0.1, 0.15) is 17.5 Å². The number of hydrogen-bond donors (Lipinski definition) is 0. The van der Waals surface area contributed by atoms with Gasteiger partial charge in [-0.3, -0.25) is 4.90 Å². The van der Waals surface area contributed by atoms with Gasteiger partial charge in [-0.2, -0.15) is 31.9 Å². The van der Waals surface area contributed by atoms with E-state index in [2.05, 4.69) is 24.1 Å². The molecule has 0 spiro atoms. The minimum absolute atomic E-state index is 0.131. The first-order valence-corrected chi connectivity index (χ1v) is 16.2. The number of piperidine rings is 1. The Hall–Kier alpha value is -4.20. The first-order chi connectivity index (χ1) is 20.2. The van der Waals surface area contributed by atoms with E-state index >= 15 is 0 Å². The third-order valence-electron chi connectivity index (χ3n) is 7.64. The number of halogens is 3. The topological polar surface area (TPSA) is 138 Å². The van der Waals surface area contributed by atoms with E-state index in [9.17, 15) is 35.3 Å². The van der Waals surface area contributed by atoms with E-state index in [0.717, 1.165) is 28.8 Å². The minimum atomic E-state index is -5.93. The fraction of sp³-hybridized carbons (Fsp3) is 0.296. The summed E-state index contributed by atoms with van der Waals surface area (Å²) in [6.07, 6.45) is 5.88. The van der Waals surface area contributed by atoms with E-state index in [1.165, 1.54) is 18.6 Å². The number of hydrogen-bond acceptors (Lipinski definition) is 10. The Labute approximate surface area is 244 Å². The van der Waals surface area contributed by atoms with Crippen LogP contribution in [-0.2, 0) is 26.5 Å². The number of rotatable bonds is 7. The standard InChI is InChI=1S/C27H23F3N6O5S2/c1-42(37,38)23-5-2-17(3-6-23)13-35-20-8-21(35)15-34(14-20)25-7-4-18(11-32-25)24-9-22(41-43(39,40)27(28,29)30)16-36-26(24)19(10-31)12-33-36/h2-7,9,11-12,16,20-21H,8,13-15H2,1H3. The summed E-state index contributed by atoms with van der Waals surface area (Å²) in [7, 11) is -9.19. The summed E-state index contributed by atoms with van der Waals surface area (Å²) in [4.78, 5) is 9.36. The molecule has 224 valence electrons. The predicted octanol–water partition coefficient (Wildman–Crippen LogP) is 3.36. The lowest BCUT2D eigenvalue weighted by Gasteiger charge is -2.56. The molecule has 3 aliphatic heterocycles. The molecule has 2 unspecified atom stereocenters. The minimum Gasteiger partial charge on any atom is -0.374 e. The molecular formula is C27H23F3N6O5S2. The van der Waals surface area contributed by atoms with Crippen molar-refractivity contribution in [2.45, 2.75) is 35.5 Å². The Morgan fingerprint density at radius 2 is 1.74 bits per heavy atom. The van der Waals surface area contributed by atoms with Crippen molar-refractivity contribution in [2.75, 3.05) is 24.2 Å². The van der Waals surface area contributed by atoms with Crippen molar-refractivity contribution in [3.05, 3.63) is 72.2 Å². The first kappa shape index (κ1) is 28.9. The van der Waals surface area contributed by atoms with Crippen molar-refractivity contribution in [3.63, 3.8) is 0 Å². The monoisotopic (exact) mass is 632 g/mol. The van der Waals surface area contributed by atoms with Crippen molar-refractivity contribution in [3.8, 4) is 22.9 Å². The maximum absolute atomic E-state index is 12.9. The number of benzene rings is 1. The van der Waals surface area contributed by atoms with Gasteiger partial charge < -0.3 is 9.08 Å². The van der Waals surface area contributed by atoms with Crippen molar-refractivity contribution in [1.82, 2.24) is 19.5 Å². The summed E-state index contributed by atoms with van der Waals surface area (Å²) in [5.74, 6) is 0.0614. The van der Waals surface area contributed by atoms with Gasteiger partial charge in [-0.1, -0.05) is 12.1 Å². The van der Waals surface area contributed by atoms with Crippen molar-refractivity contribution >= 4 is 31.3 Å². The zero-order valence-electron chi connectivity index (χ0n) is 22.4. The molecule has 2 bridgehead atoms. The third-order valence-corrected chi connectivity index (χ3v) is 9.75. The van der Waals surface area contributed by atoms with E-state index in [0.29, 0.717) is 31.0 Å². The van der Waals surface area contributed by atoms with Crippen LogP contribution in [0.15, 0.2) is 66.0 Å². The molecule has 0 radical (unpaired) electrons. The highest BCUT2D eigenvalue weighted by atomic mass is 32.2. The van der Waals surface area contributed by atoms with Crippen LogP contribution in [0.5, 0.6) is 5.75 Å². The Morgan fingerprint density at radius 1 is 1.05 bits per heavy atom. The van der Waals surface area contributed by atoms with Gasteiger partial charge in [0.05, 0.1) is 28.4 Å². The van der Waals surface area contributed by atoms with E-state index in [1.807, 2.05) is 18.2 Å². The number of piperazine rings is 1. The molecule has 0 saturated carbocycles. The Kier molecular flexibility index (Phi) is 6.86. The van der Waals surface area contributed by atoms with Gasteiger partial charge in [0.25, 0.3) is 0 Å². The SMILES string of the molecule is CS(=O)(=O)c1ccc(CN2C3CC2CN(c2ccc(-c4cc(OS(=O)(=O)C(F)(F)F)cn5ncc(C#N)c45)cn2)C3)cc1. The summed E-state index contributed by atoms with van der Waals surface area (Å²) in [6, 6.07) is 14.0. The second kappa shape index (κ2) is 10.2. The van der Waals surface area contributed by atoms with Gasteiger partial charge >= 0.3 is 15.6 Å². The molecule has 3 aromatic heterocycles. The van der Waals surface area contributed by atoms with Crippen LogP contribution in [-0.4, -0.2) is 73.3 Å². The fourth-order valence-electron chi connectivity index (χ4n) is 5.54. The summed E-state index contributed by atoms with van der Waals surface area (Å²) < 4.78 is 90.9. The van der Waals surface area contributed by atoms with Gasteiger partial charge in [-0.25, -0.2) is 17.9 Å². The van der Waals surface area contributed by atoms with Gasteiger partial charge in [0.2, 0.25) is 0 Å². The number of nitrogens with zero attached hydrogens (tertiary/aromatic N) is 6. The first-order valence-electron chi connectivity index (χ1n) is 12.9. The van der Waals surface area contributed by atoms with Crippen LogP contribution in [0, 0.1) is 11.3 Å². The molecule has 3 fully saturated rings. The average molecular weight is 633 g/mol. The molecule has 0 aliphatic carbocycles. The molecular weight excluding hydrogens is 609 g/mol. The van der Waals surface area contributed by atoms with Crippen molar-refractivity contribution in [2.24, 2.45) is 0 Å². The largest absolute Gasteiger partial charge is 0.534 e. The molecule has 11 nitrogen and oxygen atoms in total. The normalized spacial score (nSPS) is 19.2. The molecule has 3 aliphatic rings. The smallest absolute Gasteiger partial charge is 0.374 e. The van der Waals surface area contributed by atoms with Gasteiger partial charge in [0.1, 0.15) is 11.9 Å². The maximum atomic E-state index is 12.9. The van der Waals surface area contributed by atoms with Crippen LogP contribution in [0.4, 0.5) is 19.0 Å². The highest BCUT2D eigenvalue weighted by Crippen LogP contribution is 2.37. The van der Waals surface area contributed by atoms with Gasteiger partial charge in [0.15, 0.2) is 15.6 Å². The van der Waals surface area contributed by atoms with Crippen LogP contribution in [0.2, 0.25) is 0 Å². The zero-order valence-corrected chi connectivity index (χ0v) is 24.1. The number of sulfone groups is 1. The lowest BCUT2D eigenvalue weighted by Crippen LogP contribution is -2.68. The molecule has 6 heterocycles. The Morgan fingerprint density at radius 3 is 2.33 bits per heavy atom. The van der Waals surface area contributed by atoms with E-state index in [4.69, 9.17) is 0 Å². The molecule has 4 aromatic rings. The third kappa shape index (κ3) is 5.39. The molecule has 1 aromatic carbocycles. The molecule has 0 amide bonds. The maximum Gasteiger partial charge on any atom is 0.534 e. The highest BCUT2D eigenvalue weighted by Gasteiger charge is 2.49. The second-order valence-electron chi connectivity index (χ2n) is 10.5. The van der Waals surface area contributed by atoms with Gasteiger partial charge in [-0.15, -0.1) is 0 Å². The van der Waals surface area contributed by atoms with Crippen molar-refractivity contribution in [1.29, 1.82) is 5.26 Å². The second-order valence-corrected chi connectivity index (χ2v) is 14.0. The zero-order chi connectivity index (χ0) is 30.7. The van der Waals surface area contributed by atoms with E-state index in [1.54, 1.807) is 24.3 Å². The summed E-state index contributed by atoms with van der Waals surface area (Å²) in [5.41, 5.74) is -3.57. The van der Waals surface area contributed by atoms with Gasteiger partial charge in [-0.05, 0) is 42.3 Å². The predicted molar refractivity (Wildman–Crippen MR) is 148 cm³/mol. The van der Waals surface area contributed by atoms with Crippen molar-refractivity contribution < 1.29 is 34.2 Å². The van der Waals surface area contributed by atoms with Crippen LogP contribution < -0.4 is 9.08 Å². The number of pyridine rings is 2. The fourth-order valence-corrected chi connectivity index (χ4v) is 6.61. The molecule has 2 atom stereocenters. The van der Waals surface area contributed by atoms with Crippen LogP contribution in [0.25, 0.3) is 16.6 Å². The molecule has 43 heavy (non-hydrogen) atoms. The number of nitriles is 1. The Bertz CT molecular complexity index is 1960. The Balaban J connectivity index is 1.21. The van der Waals surface area contributed by atoms with Gasteiger partial charge in [0, 0.05) is 55.3 Å². The lowest BCUT2D eigenvalue weighted by molar-refractivity contribution is -0.0500. The number of alkyl halides is 3. The average Bonchev–Trinajstić information content (AvgIpc) is 3.37. The van der Waals surface area contributed by atoms with Crippen LogP contribution >= 0.6 is 0 Å². The quantitative estimate of drug-likeness (QED) is 0.220. The lowest BCUT2D eigenvalue weighted by atomic mass is 9.86. The molecule has 0 N–H and O–H groups in total. The van der Waals surface area contributed by atoms with Crippen LogP contribution in [0.3, 0.4) is 0 Å².